The summed E-state index contributed by atoms with van der Waals surface area (Å²) in [7, 11) is 3.94. The number of imidazole rings is 1. The smallest absolute Gasteiger partial charge is 0.146 e. The number of benzene rings is 1. The summed E-state index contributed by atoms with van der Waals surface area (Å²) in [5.74, 6) is 1.81. The van der Waals surface area contributed by atoms with Crippen LogP contribution >= 0.6 is 0 Å². The van der Waals surface area contributed by atoms with Gasteiger partial charge in [-0.25, -0.2) is 4.98 Å². The molecule has 1 heterocycles. The van der Waals surface area contributed by atoms with E-state index in [0.29, 0.717) is 0 Å². The van der Waals surface area contributed by atoms with Crippen LogP contribution in [0.25, 0.3) is 11.4 Å². The van der Waals surface area contributed by atoms with Gasteiger partial charge in [0, 0.05) is 25.9 Å². The van der Waals surface area contributed by atoms with E-state index >= 15 is 0 Å². The van der Waals surface area contributed by atoms with Crippen LogP contribution in [0, 0.1) is 6.92 Å². The predicted octanol–water partition coefficient (Wildman–Crippen LogP) is 2.32. The SMILES string of the molecule is [CH2]c1cccc(-c2nc(N(C)C)c[nH]2)c1. The summed E-state index contributed by atoms with van der Waals surface area (Å²) in [6.45, 7) is 3.90. The van der Waals surface area contributed by atoms with Gasteiger partial charge in [0.2, 0.25) is 0 Å². The van der Waals surface area contributed by atoms with Gasteiger partial charge < -0.3 is 9.88 Å². The van der Waals surface area contributed by atoms with Crippen LogP contribution in [0.15, 0.2) is 30.5 Å². The van der Waals surface area contributed by atoms with E-state index in [4.69, 9.17) is 0 Å². The Morgan fingerprint density at radius 2 is 2.13 bits per heavy atom. The first kappa shape index (κ1) is 9.77. The minimum Gasteiger partial charge on any atom is -0.361 e. The molecule has 0 unspecified atom stereocenters. The third-order valence-corrected chi connectivity index (χ3v) is 2.22. The van der Waals surface area contributed by atoms with Crippen molar-refractivity contribution in [3.63, 3.8) is 0 Å². The Labute approximate surface area is 89.8 Å². The Morgan fingerprint density at radius 1 is 1.33 bits per heavy atom. The van der Waals surface area contributed by atoms with Crippen LogP contribution in [0.3, 0.4) is 0 Å². The number of aromatic nitrogens is 2. The van der Waals surface area contributed by atoms with E-state index in [1.165, 1.54) is 0 Å². The monoisotopic (exact) mass is 200 g/mol. The second-order valence-electron chi connectivity index (χ2n) is 3.70. The van der Waals surface area contributed by atoms with E-state index in [9.17, 15) is 0 Å². The maximum absolute atomic E-state index is 4.46. The Hall–Kier alpha value is -1.77. The Morgan fingerprint density at radius 3 is 2.73 bits per heavy atom. The van der Waals surface area contributed by atoms with Gasteiger partial charge in [-0.2, -0.15) is 0 Å². The van der Waals surface area contributed by atoms with Crippen molar-refractivity contribution in [3.8, 4) is 11.4 Å². The standard InChI is InChI=1S/C12H14N3/c1-9-5-4-6-10(7-9)12-13-8-11(14-12)15(2)3/h4-8H,1H2,2-3H3,(H,13,14). The van der Waals surface area contributed by atoms with E-state index in [-0.39, 0.29) is 0 Å². The zero-order chi connectivity index (χ0) is 10.8. The first-order valence-corrected chi connectivity index (χ1v) is 4.82. The highest BCUT2D eigenvalue weighted by molar-refractivity contribution is 5.59. The number of aromatic amines is 1. The second kappa shape index (κ2) is 3.77. The van der Waals surface area contributed by atoms with Crippen LogP contribution in [-0.4, -0.2) is 24.1 Å². The lowest BCUT2D eigenvalue weighted by Crippen LogP contribution is -2.08. The first-order valence-electron chi connectivity index (χ1n) is 4.82. The molecule has 0 saturated carbocycles. The largest absolute Gasteiger partial charge is 0.361 e. The lowest BCUT2D eigenvalue weighted by atomic mass is 10.1. The highest BCUT2D eigenvalue weighted by atomic mass is 15.2. The Bertz CT molecular complexity index is 457. The van der Waals surface area contributed by atoms with Gasteiger partial charge in [-0.15, -0.1) is 0 Å². The number of hydrogen-bond acceptors (Lipinski definition) is 2. The quantitative estimate of drug-likeness (QED) is 0.806. The molecule has 0 amide bonds. The van der Waals surface area contributed by atoms with Crippen LogP contribution < -0.4 is 4.90 Å². The van der Waals surface area contributed by atoms with E-state index in [2.05, 4.69) is 16.9 Å². The summed E-state index contributed by atoms with van der Waals surface area (Å²) >= 11 is 0. The molecule has 1 N–H and O–H groups in total. The highest BCUT2D eigenvalue weighted by Gasteiger charge is 2.04. The summed E-state index contributed by atoms with van der Waals surface area (Å²) < 4.78 is 0. The van der Waals surface area contributed by atoms with Crippen molar-refractivity contribution in [2.24, 2.45) is 0 Å². The lowest BCUT2D eigenvalue weighted by Gasteiger charge is -2.05. The first-order chi connectivity index (χ1) is 7.16. The average molecular weight is 200 g/mol. The molecule has 0 saturated heterocycles. The molecule has 1 aromatic heterocycles. The predicted molar refractivity (Wildman–Crippen MR) is 62.8 cm³/mol. The molecule has 0 atom stereocenters. The van der Waals surface area contributed by atoms with Crippen molar-refractivity contribution in [1.82, 2.24) is 9.97 Å². The molecular weight excluding hydrogens is 186 g/mol. The highest BCUT2D eigenvalue weighted by Crippen LogP contribution is 2.19. The molecule has 3 heteroatoms. The van der Waals surface area contributed by atoms with Crippen LogP contribution in [0.4, 0.5) is 5.82 Å². The maximum Gasteiger partial charge on any atom is 0.146 e. The molecule has 2 aromatic rings. The van der Waals surface area contributed by atoms with E-state index in [1.54, 1.807) is 0 Å². The van der Waals surface area contributed by atoms with Crippen molar-refractivity contribution in [2.75, 3.05) is 19.0 Å². The van der Waals surface area contributed by atoms with E-state index < -0.39 is 0 Å². The summed E-state index contributed by atoms with van der Waals surface area (Å²) in [4.78, 5) is 9.58. The normalized spacial score (nSPS) is 10.3. The fraction of sp³-hybridized carbons (Fsp3) is 0.167. The van der Waals surface area contributed by atoms with Crippen LogP contribution in [-0.2, 0) is 0 Å². The van der Waals surface area contributed by atoms with Crippen LogP contribution in [0.1, 0.15) is 5.56 Å². The fourth-order valence-corrected chi connectivity index (χ4v) is 1.41. The lowest BCUT2D eigenvalue weighted by molar-refractivity contribution is 1.09. The number of rotatable bonds is 2. The number of nitrogens with one attached hydrogen (secondary N) is 1. The third-order valence-electron chi connectivity index (χ3n) is 2.22. The third kappa shape index (κ3) is 2.01. The number of H-pyrrole nitrogens is 1. The van der Waals surface area contributed by atoms with Gasteiger partial charge in [0.25, 0.3) is 0 Å². The summed E-state index contributed by atoms with van der Waals surface area (Å²) in [5.41, 5.74) is 2.06. The number of hydrogen-bond donors (Lipinski definition) is 1. The molecule has 3 nitrogen and oxygen atoms in total. The van der Waals surface area contributed by atoms with Crippen LogP contribution in [0.5, 0.6) is 0 Å². The molecule has 0 fully saturated rings. The molecule has 2 rings (SSSR count). The average Bonchev–Trinajstić information content (AvgIpc) is 2.66. The van der Waals surface area contributed by atoms with Gasteiger partial charge >= 0.3 is 0 Å². The molecule has 77 valence electrons. The van der Waals surface area contributed by atoms with Crippen LogP contribution in [0.2, 0.25) is 0 Å². The van der Waals surface area contributed by atoms with Crippen molar-refractivity contribution >= 4 is 5.82 Å². The van der Waals surface area contributed by atoms with Gasteiger partial charge in [-0.05, 0) is 18.6 Å². The molecule has 0 aliphatic heterocycles. The topological polar surface area (TPSA) is 31.9 Å². The number of anilines is 1. The minimum absolute atomic E-state index is 0.879. The molecule has 0 aliphatic carbocycles. The summed E-state index contributed by atoms with van der Waals surface area (Å²) in [5, 5.41) is 0. The maximum atomic E-state index is 4.46. The second-order valence-corrected chi connectivity index (χ2v) is 3.70. The summed E-state index contributed by atoms with van der Waals surface area (Å²) in [6, 6.07) is 7.99. The van der Waals surface area contributed by atoms with Crippen molar-refractivity contribution < 1.29 is 0 Å². The van der Waals surface area contributed by atoms with Gasteiger partial charge in [-0.3, -0.25) is 0 Å². The summed E-state index contributed by atoms with van der Waals surface area (Å²) in [6.07, 6.45) is 1.89. The van der Waals surface area contributed by atoms with Crippen molar-refractivity contribution in [3.05, 3.63) is 42.9 Å². The van der Waals surface area contributed by atoms with Crippen molar-refractivity contribution in [2.45, 2.75) is 0 Å². The van der Waals surface area contributed by atoms with E-state index in [1.807, 2.05) is 49.5 Å². The molecule has 0 spiro atoms. The molecule has 1 radical (unpaired) electrons. The molecule has 15 heavy (non-hydrogen) atoms. The Balaban J connectivity index is 2.37. The minimum atomic E-state index is 0.879. The fourth-order valence-electron chi connectivity index (χ4n) is 1.41. The van der Waals surface area contributed by atoms with Gasteiger partial charge in [-0.1, -0.05) is 18.2 Å². The van der Waals surface area contributed by atoms with Crippen molar-refractivity contribution in [1.29, 1.82) is 0 Å². The molecular formula is C12H14N3. The zero-order valence-electron chi connectivity index (χ0n) is 8.99. The van der Waals surface area contributed by atoms with E-state index in [0.717, 1.165) is 22.8 Å². The molecule has 0 aliphatic rings. The van der Waals surface area contributed by atoms with Gasteiger partial charge in [0.15, 0.2) is 0 Å². The Kier molecular flexibility index (Phi) is 2.46. The van der Waals surface area contributed by atoms with Gasteiger partial charge in [0.1, 0.15) is 11.6 Å². The molecule has 0 bridgehead atoms. The van der Waals surface area contributed by atoms with Gasteiger partial charge in [0.05, 0.1) is 0 Å². The zero-order valence-corrected chi connectivity index (χ0v) is 8.99. The molecule has 1 aromatic carbocycles. The number of nitrogens with zero attached hydrogens (tertiary/aromatic N) is 2.